The fraction of sp³-hybridized carbons (Fsp3) is 0.600. The fourth-order valence-electron chi connectivity index (χ4n) is 2.47. The standard InChI is InChI=1S/C15H25N3O2/c1-3-4-5-6-7-8-9-14-17-10-11-18(14,13(2)16)12-15(19)20/h3-4,10-11,13H,5-9,12,16H2,1-2H3/b4-3+. The number of quaternary nitrogens is 1. The van der Waals surface area contributed by atoms with Crippen LogP contribution >= 0.6 is 0 Å². The molecule has 2 N–H and O–H groups in total. The second kappa shape index (κ2) is 7.97. The summed E-state index contributed by atoms with van der Waals surface area (Å²) in [5, 5.41) is 11.0. The second-order valence-electron chi connectivity index (χ2n) is 5.21. The molecule has 0 spiro atoms. The summed E-state index contributed by atoms with van der Waals surface area (Å²) in [5.74, 6) is -0.273. The Hall–Kier alpha value is -1.46. The number of carboxylic acid groups (broad SMARTS) is 1. The van der Waals surface area contributed by atoms with E-state index in [2.05, 4.69) is 17.1 Å². The third-order valence-electron chi connectivity index (χ3n) is 3.66. The van der Waals surface area contributed by atoms with Gasteiger partial charge in [-0.15, -0.1) is 0 Å². The van der Waals surface area contributed by atoms with E-state index in [1.165, 1.54) is 0 Å². The summed E-state index contributed by atoms with van der Waals surface area (Å²) < 4.78 is 0.0944. The number of unbranched alkanes of at least 4 members (excludes halogenated alkanes) is 3. The third-order valence-corrected chi connectivity index (χ3v) is 3.66. The molecule has 5 nitrogen and oxygen atoms in total. The molecule has 0 aromatic carbocycles. The molecule has 5 heteroatoms. The lowest BCUT2D eigenvalue weighted by molar-refractivity contribution is -0.808. The van der Waals surface area contributed by atoms with Crippen LogP contribution in [0.1, 0.15) is 46.0 Å². The van der Waals surface area contributed by atoms with Crippen LogP contribution in [0.3, 0.4) is 0 Å². The van der Waals surface area contributed by atoms with Crippen molar-refractivity contribution in [3.05, 3.63) is 24.6 Å². The number of nitrogens with zero attached hydrogens (tertiary/aromatic N) is 2. The number of hydrogen-bond acceptors (Lipinski definition) is 4. The molecule has 2 unspecified atom stereocenters. The maximum absolute atomic E-state index is 11.0. The van der Waals surface area contributed by atoms with E-state index in [4.69, 9.17) is 5.73 Å². The van der Waals surface area contributed by atoms with Crippen molar-refractivity contribution in [2.45, 2.75) is 52.1 Å². The Morgan fingerprint density at radius 1 is 1.50 bits per heavy atom. The minimum atomic E-state index is -1.10. The molecule has 1 aliphatic rings. The van der Waals surface area contributed by atoms with Gasteiger partial charge >= 0.3 is 0 Å². The molecule has 2 atom stereocenters. The van der Waals surface area contributed by atoms with Crippen molar-refractivity contribution in [1.29, 1.82) is 0 Å². The molecule has 20 heavy (non-hydrogen) atoms. The first-order chi connectivity index (χ1) is 9.53. The van der Waals surface area contributed by atoms with Crippen molar-refractivity contribution < 1.29 is 14.4 Å². The predicted molar refractivity (Wildman–Crippen MR) is 78.3 cm³/mol. The number of allylic oxidation sites excluding steroid dienone is 2. The summed E-state index contributed by atoms with van der Waals surface area (Å²) in [4.78, 5) is 15.3. The van der Waals surface area contributed by atoms with Crippen LogP contribution in [0, 0.1) is 0 Å². The molecule has 0 aromatic rings. The first kappa shape index (κ1) is 16.6. The van der Waals surface area contributed by atoms with Gasteiger partial charge < -0.3 is 9.90 Å². The summed E-state index contributed by atoms with van der Waals surface area (Å²) >= 11 is 0. The minimum Gasteiger partial charge on any atom is -0.544 e. The molecule has 112 valence electrons. The molecule has 0 aliphatic carbocycles. The molecule has 0 bridgehead atoms. The lowest BCUT2D eigenvalue weighted by Gasteiger charge is -2.36. The molecular formula is C15H25N3O2. The predicted octanol–water partition coefficient (Wildman–Crippen LogP) is 1.27. The van der Waals surface area contributed by atoms with Gasteiger partial charge in [0.05, 0.1) is 12.2 Å². The largest absolute Gasteiger partial charge is 0.544 e. The normalized spacial score (nSPS) is 23.2. The summed E-state index contributed by atoms with van der Waals surface area (Å²) in [7, 11) is 0. The van der Waals surface area contributed by atoms with E-state index in [9.17, 15) is 9.90 Å². The maximum atomic E-state index is 11.0. The fourth-order valence-corrected chi connectivity index (χ4v) is 2.47. The number of aliphatic imine (C=N–C) groups is 1. The summed E-state index contributed by atoms with van der Waals surface area (Å²) in [5.41, 5.74) is 5.98. The number of hydrogen-bond donors (Lipinski definition) is 1. The Bertz CT molecular complexity index is 413. The van der Waals surface area contributed by atoms with Crippen LogP contribution in [-0.2, 0) is 4.79 Å². The number of carboxylic acids is 1. The number of carbonyl (C=O) groups excluding carboxylic acids is 1. The summed E-state index contributed by atoms with van der Waals surface area (Å²) in [6, 6.07) is 0. The van der Waals surface area contributed by atoms with Crippen molar-refractivity contribution in [3.8, 4) is 0 Å². The van der Waals surface area contributed by atoms with Gasteiger partial charge in [0.2, 0.25) is 5.84 Å². The Kier molecular flexibility index (Phi) is 6.61. The average molecular weight is 279 g/mol. The molecule has 0 fully saturated rings. The van der Waals surface area contributed by atoms with Crippen LogP contribution in [0.2, 0.25) is 0 Å². The van der Waals surface area contributed by atoms with Gasteiger partial charge in [-0.05, 0) is 26.2 Å². The first-order valence-corrected chi connectivity index (χ1v) is 7.22. The van der Waals surface area contributed by atoms with Crippen molar-refractivity contribution >= 4 is 11.8 Å². The highest BCUT2D eigenvalue weighted by Gasteiger charge is 2.38. The van der Waals surface area contributed by atoms with Gasteiger partial charge in [0.15, 0.2) is 0 Å². The summed E-state index contributed by atoms with van der Waals surface area (Å²) in [6.07, 6.45) is 12.4. The van der Waals surface area contributed by atoms with Crippen LogP contribution < -0.4 is 10.8 Å². The number of amidine groups is 1. The van der Waals surface area contributed by atoms with Gasteiger partial charge in [-0.25, -0.2) is 9.48 Å². The molecule has 0 amide bonds. The van der Waals surface area contributed by atoms with Crippen molar-refractivity contribution in [2.75, 3.05) is 6.54 Å². The number of aliphatic carboxylic acids is 1. The van der Waals surface area contributed by atoms with E-state index in [0.29, 0.717) is 0 Å². The molecule has 0 saturated heterocycles. The Morgan fingerprint density at radius 3 is 2.85 bits per heavy atom. The van der Waals surface area contributed by atoms with E-state index in [-0.39, 0.29) is 17.2 Å². The third kappa shape index (κ3) is 4.28. The van der Waals surface area contributed by atoms with E-state index in [1.54, 1.807) is 19.3 Å². The molecule has 0 radical (unpaired) electrons. The van der Waals surface area contributed by atoms with Crippen molar-refractivity contribution in [1.82, 2.24) is 0 Å². The zero-order valence-corrected chi connectivity index (χ0v) is 12.4. The van der Waals surface area contributed by atoms with E-state index in [1.807, 2.05) is 6.92 Å². The molecule has 1 aliphatic heterocycles. The van der Waals surface area contributed by atoms with Crippen LogP contribution in [0.4, 0.5) is 0 Å². The highest BCUT2D eigenvalue weighted by molar-refractivity contribution is 5.81. The molecular weight excluding hydrogens is 254 g/mol. The Balaban J connectivity index is 2.53. The molecule has 0 aromatic heterocycles. The van der Waals surface area contributed by atoms with Gasteiger partial charge in [-0.2, -0.15) is 0 Å². The van der Waals surface area contributed by atoms with Crippen molar-refractivity contribution in [3.63, 3.8) is 0 Å². The van der Waals surface area contributed by atoms with Crippen LogP contribution in [0.15, 0.2) is 29.5 Å². The molecule has 1 heterocycles. The average Bonchev–Trinajstić information content (AvgIpc) is 2.77. The number of rotatable bonds is 9. The lowest BCUT2D eigenvalue weighted by atomic mass is 10.1. The van der Waals surface area contributed by atoms with Gasteiger partial charge in [-0.1, -0.05) is 18.6 Å². The lowest BCUT2D eigenvalue weighted by Crippen LogP contribution is -2.60. The number of carbonyl (C=O) groups is 1. The van der Waals surface area contributed by atoms with Crippen molar-refractivity contribution in [2.24, 2.45) is 10.7 Å². The second-order valence-corrected chi connectivity index (χ2v) is 5.21. The minimum absolute atomic E-state index is 0.0944. The van der Waals surface area contributed by atoms with E-state index >= 15 is 0 Å². The number of nitrogens with two attached hydrogens (primary N) is 1. The van der Waals surface area contributed by atoms with Gasteiger partial charge in [-0.3, -0.25) is 5.73 Å². The topological polar surface area (TPSA) is 78.5 Å². The molecule has 0 saturated carbocycles. The highest BCUT2D eigenvalue weighted by Crippen LogP contribution is 2.23. The highest BCUT2D eigenvalue weighted by atomic mass is 16.4. The first-order valence-electron chi connectivity index (χ1n) is 7.22. The van der Waals surface area contributed by atoms with Crippen LogP contribution in [0.25, 0.3) is 0 Å². The van der Waals surface area contributed by atoms with E-state index < -0.39 is 5.97 Å². The van der Waals surface area contributed by atoms with E-state index in [0.717, 1.165) is 37.9 Å². The van der Waals surface area contributed by atoms with Gasteiger partial charge in [0.25, 0.3) is 0 Å². The monoisotopic (exact) mass is 279 g/mol. The zero-order chi connectivity index (χ0) is 15.0. The smallest absolute Gasteiger partial charge is 0.209 e. The quantitative estimate of drug-likeness (QED) is 0.392. The maximum Gasteiger partial charge on any atom is 0.209 e. The van der Waals surface area contributed by atoms with Crippen LogP contribution in [-0.4, -0.2) is 29.0 Å². The van der Waals surface area contributed by atoms with Gasteiger partial charge in [0, 0.05) is 13.3 Å². The zero-order valence-electron chi connectivity index (χ0n) is 12.4. The molecule has 1 rings (SSSR count). The Morgan fingerprint density at radius 2 is 2.25 bits per heavy atom. The Labute approximate surface area is 121 Å². The van der Waals surface area contributed by atoms with Crippen LogP contribution in [0.5, 0.6) is 0 Å². The van der Waals surface area contributed by atoms with Gasteiger partial charge in [0.1, 0.15) is 18.9 Å². The SMILES string of the molecule is C/C=C/CCCCCC1=NC=C[N+]1(CC(=O)[O-])C(C)N. The summed E-state index contributed by atoms with van der Waals surface area (Å²) in [6.45, 7) is 3.68.